The summed E-state index contributed by atoms with van der Waals surface area (Å²) in [5, 5.41) is 3.17. The van der Waals surface area contributed by atoms with Crippen LogP contribution in [0.5, 0.6) is 0 Å². The molecule has 1 amide bonds. The first-order valence-electron chi connectivity index (χ1n) is 8.91. The Morgan fingerprint density at radius 2 is 1.88 bits per heavy atom. The Hall–Kier alpha value is -0.810. The van der Waals surface area contributed by atoms with Crippen LogP contribution >= 0.6 is 24.8 Å². The quantitative estimate of drug-likeness (QED) is 0.716. The van der Waals surface area contributed by atoms with Gasteiger partial charge in [0.1, 0.15) is 0 Å². The van der Waals surface area contributed by atoms with E-state index >= 15 is 0 Å². The molecule has 1 atom stereocenters. The van der Waals surface area contributed by atoms with Gasteiger partial charge in [0, 0.05) is 25.7 Å². The molecule has 0 aromatic heterocycles. The summed E-state index contributed by atoms with van der Waals surface area (Å²) in [6.07, 6.45) is 3.95. The number of carbonyl (C=O) groups is 1. The lowest BCUT2D eigenvalue weighted by Crippen LogP contribution is -2.48. The molecule has 1 aliphatic rings. The smallest absolute Gasteiger partial charge is 0.227 e. The average molecular weight is 390 g/mol. The molecule has 0 saturated carbocycles. The van der Waals surface area contributed by atoms with Crippen molar-refractivity contribution in [2.75, 3.05) is 19.6 Å². The number of nitrogens with one attached hydrogen (secondary N) is 1. The SMILES string of the molecule is CCC(CC)(CN)C(=O)NCC1CCCN1Cc1ccccc1.Cl.Cl. The summed E-state index contributed by atoms with van der Waals surface area (Å²) in [4.78, 5) is 15.1. The summed E-state index contributed by atoms with van der Waals surface area (Å²) < 4.78 is 0. The molecule has 1 aliphatic heterocycles. The summed E-state index contributed by atoms with van der Waals surface area (Å²) in [5.74, 6) is 0.122. The van der Waals surface area contributed by atoms with Crippen LogP contribution < -0.4 is 11.1 Å². The lowest BCUT2D eigenvalue weighted by atomic mass is 9.81. The molecule has 1 fully saturated rings. The number of amides is 1. The second kappa shape index (κ2) is 11.7. The van der Waals surface area contributed by atoms with Crippen LogP contribution in [0.1, 0.15) is 45.1 Å². The molecule has 1 aromatic rings. The molecule has 1 heterocycles. The molecule has 2 rings (SSSR count). The van der Waals surface area contributed by atoms with Gasteiger partial charge in [0.2, 0.25) is 5.91 Å². The minimum absolute atomic E-state index is 0. The Bertz CT molecular complexity index is 486. The van der Waals surface area contributed by atoms with E-state index < -0.39 is 5.41 Å². The third-order valence-electron chi connectivity index (χ3n) is 5.45. The summed E-state index contributed by atoms with van der Waals surface area (Å²) >= 11 is 0. The van der Waals surface area contributed by atoms with E-state index in [-0.39, 0.29) is 30.7 Å². The summed E-state index contributed by atoms with van der Waals surface area (Å²) in [6, 6.07) is 11.0. The monoisotopic (exact) mass is 389 g/mol. The van der Waals surface area contributed by atoms with Crippen LogP contribution in [-0.2, 0) is 11.3 Å². The van der Waals surface area contributed by atoms with E-state index in [1.807, 2.05) is 19.9 Å². The predicted molar refractivity (Wildman–Crippen MR) is 109 cm³/mol. The van der Waals surface area contributed by atoms with Gasteiger partial charge in [-0.2, -0.15) is 0 Å². The number of halogens is 2. The molecule has 6 heteroatoms. The van der Waals surface area contributed by atoms with Crippen molar-refractivity contribution in [3.8, 4) is 0 Å². The molecule has 1 unspecified atom stereocenters. The van der Waals surface area contributed by atoms with Gasteiger partial charge < -0.3 is 11.1 Å². The first-order chi connectivity index (χ1) is 11.1. The molecule has 4 nitrogen and oxygen atoms in total. The second-order valence-electron chi connectivity index (χ2n) is 6.65. The maximum atomic E-state index is 12.6. The molecular weight excluding hydrogens is 357 g/mol. The van der Waals surface area contributed by atoms with Crippen molar-refractivity contribution in [3.05, 3.63) is 35.9 Å². The van der Waals surface area contributed by atoms with E-state index in [4.69, 9.17) is 5.73 Å². The van der Waals surface area contributed by atoms with Crippen LogP contribution in [-0.4, -0.2) is 36.5 Å². The fourth-order valence-corrected chi connectivity index (χ4v) is 3.50. The fourth-order valence-electron chi connectivity index (χ4n) is 3.50. The van der Waals surface area contributed by atoms with Crippen molar-refractivity contribution < 1.29 is 4.79 Å². The van der Waals surface area contributed by atoms with E-state index in [0.29, 0.717) is 12.6 Å². The van der Waals surface area contributed by atoms with Crippen molar-refractivity contribution in [1.29, 1.82) is 0 Å². The largest absolute Gasteiger partial charge is 0.354 e. The highest BCUT2D eigenvalue weighted by Gasteiger charge is 2.34. The van der Waals surface area contributed by atoms with Crippen LogP contribution in [0.4, 0.5) is 0 Å². The summed E-state index contributed by atoms with van der Waals surface area (Å²) in [7, 11) is 0. The highest BCUT2D eigenvalue weighted by Crippen LogP contribution is 2.25. The van der Waals surface area contributed by atoms with Gasteiger partial charge in [-0.15, -0.1) is 24.8 Å². The molecule has 0 radical (unpaired) electrons. The van der Waals surface area contributed by atoms with Crippen LogP contribution in [0.25, 0.3) is 0 Å². The Morgan fingerprint density at radius 1 is 1.24 bits per heavy atom. The molecule has 1 saturated heterocycles. The molecule has 0 aliphatic carbocycles. The molecule has 144 valence electrons. The first-order valence-corrected chi connectivity index (χ1v) is 8.91. The Balaban J connectivity index is 0.00000288. The van der Waals surface area contributed by atoms with Gasteiger partial charge in [-0.25, -0.2) is 0 Å². The number of likely N-dealkylation sites (tertiary alicyclic amines) is 1. The third-order valence-corrected chi connectivity index (χ3v) is 5.45. The lowest BCUT2D eigenvalue weighted by molar-refractivity contribution is -0.131. The van der Waals surface area contributed by atoms with Gasteiger partial charge in [0.25, 0.3) is 0 Å². The molecular formula is C19H33Cl2N3O. The van der Waals surface area contributed by atoms with Crippen molar-refractivity contribution in [1.82, 2.24) is 10.2 Å². The van der Waals surface area contributed by atoms with Crippen molar-refractivity contribution in [2.24, 2.45) is 11.1 Å². The highest BCUT2D eigenvalue weighted by atomic mass is 35.5. The normalized spacial score (nSPS) is 17.5. The van der Waals surface area contributed by atoms with Crippen LogP contribution in [0.15, 0.2) is 30.3 Å². The van der Waals surface area contributed by atoms with E-state index in [0.717, 1.165) is 38.9 Å². The van der Waals surface area contributed by atoms with Gasteiger partial charge >= 0.3 is 0 Å². The Morgan fingerprint density at radius 3 is 2.44 bits per heavy atom. The number of rotatable bonds is 8. The highest BCUT2D eigenvalue weighted by molar-refractivity contribution is 5.85. The number of nitrogens with two attached hydrogens (primary N) is 1. The number of hydrogen-bond donors (Lipinski definition) is 2. The van der Waals surface area contributed by atoms with Gasteiger partial charge in [-0.1, -0.05) is 44.2 Å². The van der Waals surface area contributed by atoms with Gasteiger partial charge in [-0.3, -0.25) is 9.69 Å². The zero-order valence-electron chi connectivity index (χ0n) is 15.4. The molecule has 0 spiro atoms. The number of benzene rings is 1. The van der Waals surface area contributed by atoms with E-state index in [9.17, 15) is 4.79 Å². The molecule has 1 aromatic carbocycles. The number of hydrogen-bond acceptors (Lipinski definition) is 3. The lowest BCUT2D eigenvalue weighted by Gasteiger charge is -2.31. The summed E-state index contributed by atoms with van der Waals surface area (Å²) in [5.41, 5.74) is 6.81. The van der Waals surface area contributed by atoms with E-state index in [1.165, 1.54) is 12.0 Å². The van der Waals surface area contributed by atoms with Crippen molar-refractivity contribution >= 4 is 30.7 Å². The van der Waals surface area contributed by atoms with E-state index in [2.05, 4.69) is 34.5 Å². The molecule has 0 bridgehead atoms. The van der Waals surface area contributed by atoms with Crippen molar-refractivity contribution in [3.63, 3.8) is 0 Å². The van der Waals surface area contributed by atoms with Crippen LogP contribution in [0.2, 0.25) is 0 Å². The number of nitrogens with zero attached hydrogens (tertiary/aromatic N) is 1. The predicted octanol–water partition coefficient (Wildman–Crippen LogP) is 3.38. The van der Waals surface area contributed by atoms with Gasteiger partial charge in [-0.05, 0) is 37.8 Å². The molecule has 3 N–H and O–H groups in total. The Labute approximate surface area is 164 Å². The van der Waals surface area contributed by atoms with Crippen molar-refractivity contribution in [2.45, 2.75) is 52.1 Å². The minimum Gasteiger partial charge on any atom is -0.354 e. The van der Waals surface area contributed by atoms with Gasteiger partial charge in [0.05, 0.1) is 5.41 Å². The standard InChI is InChI=1S/C19H31N3O.2ClH/c1-3-19(4-2,15-20)18(23)21-13-17-11-8-12-22(17)14-16-9-6-5-7-10-16;;/h5-7,9-10,17H,3-4,8,11-15,20H2,1-2H3,(H,21,23);2*1H. The summed E-state index contributed by atoms with van der Waals surface area (Å²) in [6.45, 7) is 7.32. The van der Waals surface area contributed by atoms with Crippen LogP contribution in [0.3, 0.4) is 0 Å². The Kier molecular flexibility index (Phi) is 11.4. The maximum Gasteiger partial charge on any atom is 0.227 e. The fraction of sp³-hybridized carbons (Fsp3) is 0.632. The zero-order valence-corrected chi connectivity index (χ0v) is 17.0. The third kappa shape index (κ3) is 6.14. The van der Waals surface area contributed by atoms with E-state index in [1.54, 1.807) is 0 Å². The first kappa shape index (κ1) is 24.2. The average Bonchev–Trinajstić information content (AvgIpc) is 3.03. The maximum absolute atomic E-state index is 12.6. The molecule has 25 heavy (non-hydrogen) atoms. The zero-order chi connectivity index (χ0) is 16.7. The van der Waals surface area contributed by atoms with Crippen LogP contribution in [0, 0.1) is 5.41 Å². The number of carbonyl (C=O) groups excluding carboxylic acids is 1. The topological polar surface area (TPSA) is 58.4 Å². The van der Waals surface area contributed by atoms with Gasteiger partial charge in [0.15, 0.2) is 0 Å². The minimum atomic E-state index is -0.400. The second-order valence-corrected chi connectivity index (χ2v) is 6.65.